The van der Waals surface area contributed by atoms with Gasteiger partial charge >= 0.3 is 0 Å². The van der Waals surface area contributed by atoms with E-state index in [4.69, 9.17) is 4.52 Å². The predicted octanol–water partition coefficient (Wildman–Crippen LogP) is 1.39. The van der Waals surface area contributed by atoms with Gasteiger partial charge in [0.2, 0.25) is 5.89 Å². The molecule has 0 saturated heterocycles. The number of nitrogens with zero attached hydrogens (tertiary/aromatic N) is 2. The summed E-state index contributed by atoms with van der Waals surface area (Å²) < 4.78 is 27.5. The number of sulfone groups is 1. The third-order valence-electron chi connectivity index (χ3n) is 2.30. The fraction of sp³-hybridized carbons (Fsp3) is 0.273. The number of aryl methyl sites for hydroxylation is 1. The molecule has 1 aromatic carbocycles. The number of anilines is 1. The highest BCUT2D eigenvalue weighted by Crippen LogP contribution is 2.14. The van der Waals surface area contributed by atoms with Gasteiger partial charge in [-0.2, -0.15) is 4.98 Å². The average Bonchev–Trinajstić information content (AvgIpc) is 2.72. The highest BCUT2D eigenvalue weighted by molar-refractivity contribution is 7.90. The fourth-order valence-corrected chi connectivity index (χ4v) is 2.04. The van der Waals surface area contributed by atoms with Crippen molar-refractivity contribution in [1.82, 2.24) is 10.1 Å². The molecule has 2 rings (SSSR count). The van der Waals surface area contributed by atoms with Gasteiger partial charge in [-0.1, -0.05) is 5.16 Å². The first-order valence-corrected chi connectivity index (χ1v) is 7.17. The summed E-state index contributed by atoms with van der Waals surface area (Å²) in [5.74, 6) is 1.07. The maximum atomic E-state index is 11.3. The molecule has 1 N–H and O–H groups in total. The molecule has 0 saturated carbocycles. The summed E-state index contributed by atoms with van der Waals surface area (Å²) in [7, 11) is -3.15. The normalized spacial score (nSPS) is 11.4. The fourth-order valence-electron chi connectivity index (χ4n) is 1.41. The first-order valence-electron chi connectivity index (χ1n) is 5.28. The van der Waals surface area contributed by atoms with Crippen LogP contribution in [0.4, 0.5) is 5.69 Å². The Morgan fingerprint density at radius 1 is 1.28 bits per heavy atom. The molecule has 0 aliphatic heterocycles. The van der Waals surface area contributed by atoms with Gasteiger partial charge in [0.15, 0.2) is 15.7 Å². The lowest BCUT2D eigenvalue weighted by Gasteiger charge is -2.04. The Labute approximate surface area is 105 Å². The van der Waals surface area contributed by atoms with Crippen molar-refractivity contribution in [2.24, 2.45) is 0 Å². The quantitative estimate of drug-likeness (QED) is 0.901. The first kappa shape index (κ1) is 12.6. The van der Waals surface area contributed by atoms with Crippen LogP contribution in [0.2, 0.25) is 0 Å². The maximum absolute atomic E-state index is 11.3. The minimum Gasteiger partial charge on any atom is -0.376 e. The molecule has 7 heteroatoms. The lowest BCUT2D eigenvalue weighted by atomic mass is 10.3. The lowest BCUT2D eigenvalue weighted by molar-refractivity contribution is 0.379. The van der Waals surface area contributed by atoms with Gasteiger partial charge in [0, 0.05) is 11.9 Å². The Balaban J connectivity index is 2.03. The van der Waals surface area contributed by atoms with E-state index >= 15 is 0 Å². The zero-order chi connectivity index (χ0) is 13.2. The number of aromatic nitrogens is 2. The Morgan fingerprint density at radius 3 is 2.44 bits per heavy atom. The molecule has 2 aromatic rings. The van der Waals surface area contributed by atoms with Crippen molar-refractivity contribution in [3.63, 3.8) is 0 Å². The lowest BCUT2D eigenvalue weighted by Crippen LogP contribution is -2.01. The SMILES string of the molecule is Cc1noc(CNc2ccc(S(C)(=O)=O)cc2)n1. The second kappa shape index (κ2) is 4.77. The van der Waals surface area contributed by atoms with Gasteiger partial charge in [-0.05, 0) is 31.2 Å². The van der Waals surface area contributed by atoms with Crippen LogP contribution in [-0.2, 0) is 16.4 Å². The third kappa shape index (κ3) is 3.07. The summed E-state index contributed by atoms with van der Waals surface area (Å²) in [6, 6.07) is 6.49. The smallest absolute Gasteiger partial charge is 0.245 e. The van der Waals surface area contributed by atoms with E-state index in [9.17, 15) is 8.42 Å². The van der Waals surface area contributed by atoms with Crippen LogP contribution in [0, 0.1) is 6.92 Å². The van der Waals surface area contributed by atoms with E-state index in [1.807, 2.05) is 0 Å². The van der Waals surface area contributed by atoms with E-state index in [0.717, 1.165) is 5.69 Å². The van der Waals surface area contributed by atoms with Crippen LogP contribution >= 0.6 is 0 Å². The van der Waals surface area contributed by atoms with Crippen LogP contribution in [0.1, 0.15) is 11.7 Å². The zero-order valence-corrected chi connectivity index (χ0v) is 10.9. The van der Waals surface area contributed by atoms with Crippen molar-refractivity contribution in [2.45, 2.75) is 18.4 Å². The monoisotopic (exact) mass is 267 g/mol. The minimum absolute atomic E-state index is 0.293. The molecule has 18 heavy (non-hydrogen) atoms. The molecule has 0 radical (unpaired) electrons. The molecular weight excluding hydrogens is 254 g/mol. The first-order chi connectivity index (χ1) is 8.45. The summed E-state index contributed by atoms with van der Waals surface area (Å²) in [5.41, 5.74) is 0.790. The summed E-state index contributed by atoms with van der Waals surface area (Å²) in [4.78, 5) is 4.34. The molecule has 0 fully saturated rings. The standard InChI is InChI=1S/C11H13N3O3S/c1-8-13-11(17-14-8)7-12-9-3-5-10(6-4-9)18(2,15)16/h3-6,12H,7H2,1-2H3. The van der Waals surface area contributed by atoms with Crippen molar-refractivity contribution < 1.29 is 12.9 Å². The van der Waals surface area contributed by atoms with Gasteiger partial charge in [0.1, 0.15) is 0 Å². The van der Waals surface area contributed by atoms with Crippen molar-refractivity contribution in [3.8, 4) is 0 Å². The Hall–Kier alpha value is -1.89. The molecule has 0 atom stereocenters. The highest BCUT2D eigenvalue weighted by atomic mass is 32.2. The molecule has 0 unspecified atom stereocenters. The van der Waals surface area contributed by atoms with Gasteiger partial charge in [-0.3, -0.25) is 0 Å². The average molecular weight is 267 g/mol. The summed E-state index contributed by atoms with van der Waals surface area (Å²) >= 11 is 0. The second-order valence-electron chi connectivity index (χ2n) is 3.89. The molecule has 0 aliphatic carbocycles. The van der Waals surface area contributed by atoms with Gasteiger partial charge in [-0.15, -0.1) is 0 Å². The second-order valence-corrected chi connectivity index (χ2v) is 5.90. The molecule has 96 valence electrons. The topological polar surface area (TPSA) is 85.1 Å². The van der Waals surface area contributed by atoms with Crippen LogP contribution in [0.15, 0.2) is 33.7 Å². The third-order valence-corrected chi connectivity index (χ3v) is 3.42. The van der Waals surface area contributed by atoms with E-state index in [0.29, 0.717) is 23.2 Å². The van der Waals surface area contributed by atoms with E-state index < -0.39 is 9.84 Å². The number of nitrogens with one attached hydrogen (secondary N) is 1. The Kier molecular flexibility index (Phi) is 3.33. The van der Waals surface area contributed by atoms with Crippen LogP contribution < -0.4 is 5.32 Å². The highest BCUT2D eigenvalue weighted by Gasteiger charge is 2.06. The van der Waals surface area contributed by atoms with Crippen molar-refractivity contribution in [2.75, 3.05) is 11.6 Å². The van der Waals surface area contributed by atoms with Crippen LogP contribution in [0.3, 0.4) is 0 Å². The molecule has 0 bridgehead atoms. The largest absolute Gasteiger partial charge is 0.376 e. The number of hydrogen-bond donors (Lipinski definition) is 1. The van der Waals surface area contributed by atoms with E-state index in [-0.39, 0.29) is 0 Å². The molecule has 0 amide bonds. The van der Waals surface area contributed by atoms with Gasteiger partial charge in [0.25, 0.3) is 0 Å². The molecule has 0 aliphatic rings. The summed E-state index contributed by atoms with van der Waals surface area (Å²) in [6.07, 6.45) is 1.18. The molecule has 0 spiro atoms. The number of benzene rings is 1. The Bertz CT molecular complexity index is 632. The van der Waals surface area contributed by atoms with Crippen molar-refractivity contribution in [3.05, 3.63) is 36.0 Å². The zero-order valence-electron chi connectivity index (χ0n) is 10.0. The number of rotatable bonds is 4. The summed E-state index contributed by atoms with van der Waals surface area (Å²) in [6.45, 7) is 2.15. The van der Waals surface area contributed by atoms with Gasteiger partial charge in [-0.25, -0.2) is 8.42 Å². The Morgan fingerprint density at radius 2 is 1.94 bits per heavy atom. The van der Waals surface area contributed by atoms with Crippen LogP contribution in [0.25, 0.3) is 0 Å². The van der Waals surface area contributed by atoms with E-state index in [1.165, 1.54) is 6.26 Å². The summed E-state index contributed by atoms with van der Waals surface area (Å²) in [5, 5.41) is 6.73. The van der Waals surface area contributed by atoms with Gasteiger partial charge < -0.3 is 9.84 Å². The van der Waals surface area contributed by atoms with E-state index in [1.54, 1.807) is 31.2 Å². The molecule has 6 nitrogen and oxygen atoms in total. The maximum Gasteiger partial charge on any atom is 0.245 e. The predicted molar refractivity (Wildman–Crippen MR) is 65.9 cm³/mol. The van der Waals surface area contributed by atoms with Crippen LogP contribution in [0.5, 0.6) is 0 Å². The molecular formula is C11H13N3O3S. The van der Waals surface area contributed by atoms with Crippen molar-refractivity contribution in [1.29, 1.82) is 0 Å². The van der Waals surface area contributed by atoms with E-state index in [2.05, 4.69) is 15.5 Å². The number of hydrogen-bond acceptors (Lipinski definition) is 6. The van der Waals surface area contributed by atoms with Crippen LogP contribution in [-0.4, -0.2) is 24.8 Å². The minimum atomic E-state index is -3.15. The van der Waals surface area contributed by atoms with Gasteiger partial charge in [0.05, 0.1) is 11.4 Å². The van der Waals surface area contributed by atoms with Crippen molar-refractivity contribution >= 4 is 15.5 Å². The molecule has 1 heterocycles. The molecule has 1 aromatic heterocycles.